The van der Waals surface area contributed by atoms with Crippen LogP contribution in [0.15, 0.2) is 43.1 Å². The Morgan fingerprint density at radius 2 is 2.10 bits per heavy atom. The lowest BCUT2D eigenvalue weighted by Gasteiger charge is -1.92. The second-order valence-electron chi connectivity index (χ2n) is 5.01. The first-order chi connectivity index (χ1) is 11.1. The highest BCUT2D eigenvalue weighted by molar-refractivity contribution is 5.83. The van der Waals surface area contributed by atoms with Gasteiger partial charge in [0.2, 0.25) is 5.65 Å². The lowest BCUT2D eigenvalue weighted by atomic mass is 10.2. The summed E-state index contributed by atoms with van der Waals surface area (Å²) in [6, 6.07) is 3.82. The quantitative estimate of drug-likeness (QED) is 0.398. The Morgan fingerprint density at radius 1 is 1.20 bits per heavy atom. The molecule has 0 aromatic carbocycles. The van der Waals surface area contributed by atoms with Crippen molar-refractivity contribution < 1.29 is 8.68 Å². The molecule has 0 atom stereocenters. The van der Waals surface area contributed by atoms with Crippen molar-refractivity contribution in [3.8, 4) is 11.4 Å². The maximum absolute atomic E-state index is 7.89. The van der Waals surface area contributed by atoms with Crippen LogP contribution in [0.4, 0.5) is 0 Å². The van der Waals surface area contributed by atoms with E-state index in [-0.39, 0.29) is 0 Å². The van der Waals surface area contributed by atoms with E-state index in [1.165, 1.54) is 4.57 Å². The molecule has 0 saturated carbocycles. The smallest absolute Gasteiger partial charge is 0.296 e. The van der Waals surface area contributed by atoms with Gasteiger partial charge in [0.05, 0.1) is 11.8 Å². The van der Waals surface area contributed by atoms with E-state index in [4.69, 9.17) is 4.11 Å². The van der Waals surface area contributed by atoms with Crippen LogP contribution in [0.1, 0.15) is 9.68 Å². The topological polar surface area (TPSA) is 39.0 Å². The summed E-state index contributed by atoms with van der Waals surface area (Å²) in [5.74, 6) is 0.983. The van der Waals surface area contributed by atoms with E-state index in [0.717, 1.165) is 22.5 Å². The third-order valence-electron chi connectivity index (χ3n) is 3.96. The summed E-state index contributed by atoms with van der Waals surface area (Å²) >= 11 is 0. The first-order valence-corrected chi connectivity index (χ1v) is 6.39. The van der Waals surface area contributed by atoms with Gasteiger partial charge < -0.3 is 4.57 Å². The average molecular weight is 265 g/mol. The van der Waals surface area contributed by atoms with Gasteiger partial charge in [-0.2, -0.15) is 4.40 Å². The molecule has 5 rings (SSSR count). The van der Waals surface area contributed by atoms with Gasteiger partial charge in [0, 0.05) is 41.3 Å². The van der Waals surface area contributed by atoms with Gasteiger partial charge in [0.15, 0.2) is 11.7 Å². The lowest BCUT2D eigenvalue weighted by molar-refractivity contribution is -0.670. The number of aromatic nitrogens is 5. The number of pyridine rings is 2. The van der Waals surface area contributed by atoms with Gasteiger partial charge in [-0.05, 0) is 6.07 Å². The normalized spacial score (nSPS) is 15.9. The van der Waals surface area contributed by atoms with Crippen molar-refractivity contribution in [3.05, 3.63) is 48.7 Å². The van der Waals surface area contributed by atoms with E-state index < -0.39 is 6.98 Å². The molecule has 0 N–H and O–H groups in total. The van der Waals surface area contributed by atoms with Gasteiger partial charge in [-0.3, -0.25) is 9.97 Å². The number of aryl methyl sites for hydroxylation is 1. The molecular formula is C15H12N5+. The zero-order valence-electron chi connectivity index (χ0n) is 13.5. The summed E-state index contributed by atoms with van der Waals surface area (Å²) < 4.78 is 29.1. The number of rotatable bonds is 0. The van der Waals surface area contributed by atoms with Crippen LogP contribution in [0.3, 0.4) is 0 Å². The predicted octanol–water partition coefficient (Wildman–Crippen LogP) is 1.54. The molecule has 0 unspecified atom stereocenters. The minimum absolute atomic E-state index is 0.605. The van der Waals surface area contributed by atoms with E-state index in [1.807, 2.05) is 28.9 Å². The fourth-order valence-electron chi connectivity index (χ4n) is 3.10. The molecule has 1 aliphatic heterocycles. The first kappa shape index (κ1) is 7.79. The van der Waals surface area contributed by atoms with Crippen molar-refractivity contribution >= 4 is 16.7 Å². The second-order valence-corrected chi connectivity index (χ2v) is 5.01. The molecule has 5 heteroatoms. The van der Waals surface area contributed by atoms with Gasteiger partial charge in [0.1, 0.15) is 12.1 Å². The predicted molar refractivity (Wildman–Crippen MR) is 74.2 cm³/mol. The molecule has 0 aliphatic carbocycles. The van der Waals surface area contributed by atoms with Crippen LogP contribution >= 0.6 is 0 Å². The minimum Gasteiger partial charge on any atom is -0.303 e. The third kappa shape index (κ3) is 1.02. The highest BCUT2D eigenvalue weighted by Gasteiger charge is 2.32. The van der Waals surface area contributed by atoms with Crippen LogP contribution in [0.5, 0.6) is 0 Å². The van der Waals surface area contributed by atoms with Crippen LogP contribution in [-0.2, 0) is 13.5 Å². The Balaban J connectivity index is 2.00. The van der Waals surface area contributed by atoms with Gasteiger partial charge in [-0.1, -0.05) is 0 Å². The largest absolute Gasteiger partial charge is 0.303 e. The van der Waals surface area contributed by atoms with Crippen molar-refractivity contribution in [2.24, 2.45) is 6.98 Å². The van der Waals surface area contributed by atoms with Crippen molar-refractivity contribution in [2.75, 3.05) is 0 Å². The minimum atomic E-state index is -2.26. The highest BCUT2D eigenvalue weighted by atomic mass is 15.2. The molecule has 4 aromatic heterocycles. The average Bonchev–Trinajstić information content (AvgIpc) is 3.11. The Kier molecular flexibility index (Phi) is 1.27. The van der Waals surface area contributed by atoms with Crippen LogP contribution < -0.4 is 4.57 Å². The van der Waals surface area contributed by atoms with Crippen LogP contribution in [0, 0.1) is 0 Å². The van der Waals surface area contributed by atoms with Crippen LogP contribution in [-0.4, -0.2) is 18.9 Å². The molecule has 0 radical (unpaired) electrons. The van der Waals surface area contributed by atoms with Gasteiger partial charge in [-0.15, -0.1) is 0 Å². The first-order valence-electron chi connectivity index (χ1n) is 7.89. The summed E-state index contributed by atoms with van der Waals surface area (Å²) in [4.78, 5) is 8.28. The molecule has 0 saturated heterocycles. The molecule has 1 aliphatic rings. The SMILES string of the molecule is [2H]C([2H])([2H])n1c2cnccc2n2c3[n+](cc12)Cc1cnccc1-3. The molecule has 0 fully saturated rings. The van der Waals surface area contributed by atoms with Gasteiger partial charge in [0.25, 0.3) is 5.82 Å². The molecule has 20 heavy (non-hydrogen) atoms. The molecule has 4 aromatic rings. The summed E-state index contributed by atoms with van der Waals surface area (Å²) in [6.07, 6.45) is 8.80. The van der Waals surface area contributed by atoms with Crippen molar-refractivity contribution in [3.63, 3.8) is 0 Å². The molecule has 0 amide bonds. The number of hydrogen-bond acceptors (Lipinski definition) is 2. The van der Waals surface area contributed by atoms with Crippen LogP contribution in [0.25, 0.3) is 28.1 Å². The number of hydrogen-bond donors (Lipinski definition) is 0. The Morgan fingerprint density at radius 3 is 3.05 bits per heavy atom. The Hall–Kier alpha value is -2.69. The highest BCUT2D eigenvalue weighted by Crippen LogP contribution is 2.30. The van der Waals surface area contributed by atoms with Crippen molar-refractivity contribution in [2.45, 2.75) is 6.54 Å². The molecule has 0 bridgehead atoms. The number of imidazole rings is 2. The molecule has 96 valence electrons. The summed E-state index contributed by atoms with van der Waals surface area (Å²) in [6.45, 7) is -1.56. The zero-order valence-corrected chi connectivity index (χ0v) is 10.5. The molecular weight excluding hydrogens is 250 g/mol. The Labute approximate surface area is 119 Å². The van der Waals surface area contributed by atoms with E-state index in [9.17, 15) is 0 Å². The maximum Gasteiger partial charge on any atom is 0.296 e. The lowest BCUT2D eigenvalue weighted by Crippen LogP contribution is -2.29. The summed E-state index contributed by atoms with van der Waals surface area (Å²) in [7, 11) is 0. The Bertz CT molecular complexity index is 1090. The molecule has 5 nitrogen and oxygen atoms in total. The molecule has 5 heterocycles. The third-order valence-corrected chi connectivity index (χ3v) is 3.96. The van der Waals surface area contributed by atoms with Gasteiger partial charge >= 0.3 is 0 Å². The van der Waals surface area contributed by atoms with Crippen molar-refractivity contribution in [1.82, 2.24) is 18.9 Å². The van der Waals surface area contributed by atoms with Crippen LogP contribution in [0.2, 0.25) is 0 Å². The van der Waals surface area contributed by atoms with E-state index >= 15 is 0 Å². The maximum atomic E-state index is 7.89. The summed E-state index contributed by atoms with van der Waals surface area (Å²) in [5, 5.41) is 0. The fourth-order valence-corrected chi connectivity index (χ4v) is 3.10. The number of fused-ring (bicyclic) bond motifs is 7. The fraction of sp³-hybridized carbons (Fsp3) is 0.133. The second kappa shape index (κ2) is 3.25. The summed E-state index contributed by atoms with van der Waals surface area (Å²) in [5.41, 5.74) is 4.31. The van der Waals surface area contributed by atoms with E-state index in [1.54, 1.807) is 18.6 Å². The van der Waals surface area contributed by atoms with Gasteiger partial charge in [-0.25, -0.2) is 4.57 Å². The number of nitrogens with zero attached hydrogens (tertiary/aromatic N) is 5. The zero-order chi connectivity index (χ0) is 15.8. The van der Waals surface area contributed by atoms with E-state index in [2.05, 4.69) is 14.5 Å². The standard InChI is InChI=1S/C15H12N5/c1-18-13-7-17-5-3-12(13)20-14(18)9-19-8-10-6-16-4-2-11(10)15(19)20/h2-7,9H,8H2,1H3/q+1/i1D3. The van der Waals surface area contributed by atoms with E-state index in [0.29, 0.717) is 17.7 Å². The van der Waals surface area contributed by atoms with Crippen molar-refractivity contribution in [1.29, 1.82) is 0 Å². The molecule has 0 spiro atoms. The monoisotopic (exact) mass is 265 g/mol.